The van der Waals surface area contributed by atoms with Gasteiger partial charge in [0.25, 0.3) is 11.5 Å². The minimum absolute atomic E-state index is 0.0114. The highest BCUT2D eigenvalue weighted by Crippen LogP contribution is 2.16. The van der Waals surface area contributed by atoms with Crippen molar-refractivity contribution in [1.29, 1.82) is 0 Å². The van der Waals surface area contributed by atoms with Gasteiger partial charge in [-0.25, -0.2) is 4.39 Å². The molecular formula is C21H19FN2O3. The molecule has 6 heteroatoms. The number of aromatic nitrogens is 1. The lowest BCUT2D eigenvalue weighted by Gasteiger charge is -2.10. The topological polar surface area (TPSA) is 60.3 Å². The molecule has 0 saturated carbocycles. The van der Waals surface area contributed by atoms with Gasteiger partial charge in [0.05, 0.1) is 13.2 Å². The van der Waals surface area contributed by atoms with Crippen LogP contribution in [0.25, 0.3) is 0 Å². The van der Waals surface area contributed by atoms with E-state index in [0.717, 1.165) is 0 Å². The number of hydrogen-bond acceptors (Lipinski definition) is 3. The van der Waals surface area contributed by atoms with E-state index in [1.54, 1.807) is 48.5 Å². The molecule has 1 amide bonds. The van der Waals surface area contributed by atoms with Crippen LogP contribution < -0.4 is 15.6 Å². The number of anilines is 1. The van der Waals surface area contributed by atoms with Gasteiger partial charge in [-0.05, 0) is 49.4 Å². The number of benzene rings is 2. The molecule has 0 saturated heterocycles. The first-order valence-electron chi connectivity index (χ1n) is 8.55. The highest BCUT2D eigenvalue weighted by molar-refractivity contribution is 6.04. The number of ether oxygens (including phenoxy) is 1. The first-order valence-corrected chi connectivity index (χ1v) is 8.55. The standard InChI is InChI=1S/C21H19FN2O3/c1-2-27-17-11-9-16(10-12-17)23-20(25)18-7-5-13-24(21(18)26)14-15-6-3-4-8-19(15)22/h3-13H,2,14H2,1H3,(H,23,25). The monoisotopic (exact) mass is 366 g/mol. The molecule has 27 heavy (non-hydrogen) atoms. The molecule has 0 fully saturated rings. The maximum atomic E-state index is 13.8. The number of carbonyl (C=O) groups is 1. The average Bonchev–Trinajstić information content (AvgIpc) is 2.67. The Hall–Kier alpha value is -3.41. The average molecular weight is 366 g/mol. The molecule has 0 aliphatic carbocycles. The van der Waals surface area contributed by atoms with E-state index < -0.39 is 17.3 Å². The van der Waals surface area contributed by atoms with Gasteiger partial charge in [-0.1, -0.05) is 18.2 Å². The van der Waals surface area contributed by atoms with Gasteiger partial charge in [-0.15, -0.1) is 0 Å². The Bertz CT molecular complexity index is 997. The smallest absolute Gasteiger partial charge is 0.263 e. The number of nitrogens with one attached hydrogen (secondary N) is 1. The van der Waals surface area contributed by atoms with Gasteiger partial charge >= 0.3 is 0 Å². The SMILES string of the molecule is CCOc1ccc(NC(=O)c2cccn(Cc3ccccc3F)c2=O)cc1. The molecule has 3 rings (SSSR count). The highest BCUT2D eigenvalue weighted by Gasteiger charge is 2.13. The van der Waals surface area contributed by atoms with Crippen molar-refractivity contribution in [2.75, 3.05) is 11.9 Å². The quantitative estimate of drug-likeness (QED) is 0.724. The first kappa shape index (κ1) is 18.4. The molecule has 0 aliphatic heterocycles. The third-order valence-corrected chi connectivity index (χ3v) is 3.99. The Balaban J connectivity index is 1.79. The summed E-state index contributed by atoms with van der Waals surface area (Å²) in [5.41, 5.74) is 0.433. The van der Waals surface area contributed by atoms with Gasteiger partial charge in [0, 0.05) is 17.4 Å². The van der Waals surface area contributed by atoms with Gasteiger partial charge in [-0.2, -0.15) is 0 Å². The summed E-state index contributed by atoms with van der Waals surface area (Å²) in [5, 5.41) is 2.69. The van der Waals surface area contributed by atoms with Crippen LogP contribution in [0.2, 0.25) is 0 Å². The second-order valence-electron chi connectivity index (χ2n) is 5.86. The van der Waals surface area contributed by atoms with Crippen molar-refractivity contribution < 1.29 is 13.9 Å². The van der Waals surface area contributed by atoms with E-state index in [-0.39, 0.29) is 12.1 Å². The van der Waals surface area contributed by atoms with Gasteiger partial charge in [-0.3, -0.25) is 9.59 Å². The van der Waals surface area contributed by atoms with Crippen LogP contribution in [0.3, 0.4) is 0 Å². The summed E-state index contributed by atoms with van der Waals surface area (Å²) in [7, 11) is 0. The van der Waals surface area contributed by atoms with Crippen LogP contribution in [-0.4, -0.2) is 17.1 Å². The molecular weight excluding hydrogens is 347 g/mol. The van der Waals surface area contributed by atoms with Crippen LogP contribution >= 0.6 is 0 Å². The van der Waals surface area contributed by atoms with Crippen LogP contribution in [0.1, 0.15) is 22.8 Å². The number of hydrogen-bond donors (Lipinski definition) is 1. The van der Waals surface area contributed by atoms with Crippen LogP contribution in [-0.2, 0) is 6.54 Å². The largest absolute Gasteiger partial charge is 0.494 e. The molecule has 5 nitrogen and oxygen atoms in total. The molecule has 0 spiro atoms. The third kappa shape index (κ3) is 4.41. The lowest BCUT2D eigenvalue weighted by atomic mass is 10.2. The maximum absolute atomic E-state index is 13.8. The number of amides is 1. The van der Waals surface area contributed by atoms with Gasteiger partial charge in [0.1, 0.15) is 17.1 Å². The Morgan fingerprint density at radius 3 is 2.52 bits per heavy atom. The summed E-state index contributed by atoms with van der Waals surface area (Å²) in [5.74, 6) is -0.219. The lowest BCUT2D eigenvalue weighted by Crippen LogP contribution is -2.29. The van der Waals surface area contributed by atoms with Gasteiger partial charge in [0.15, 0.2) is 0 Å². The van der Waals surface area contributed by atoms with Crippen molar-refractivity contribution in [2.24, 2.45) is 0 Å². The second kappa shape index (κ2) is 8.31. The summed E-state index contributed by atoms with van der Waals surface area (Å²) >= 11 is 0. The molecule has 1 aromatic heterocycles. The third-order valence-electron chi connectivity index (χ3n) is 3.99. The molecule has 1 N–H and O–H groups in total. The second-order valence-corrected chi connectivity index (χ2v) is 5.86. The summed E-state index contributed by atoms with van der Waals surface area (Å²) in [6.07, 6.45) is 1.53. The van der Waals surface area contributed by atoms with E-state index >= 15 is 0 Å². The molecule has 0 radical (unpaired) electrons. The zero-order chi connectivity index (χ0) is 19.2. The Kier molecular flexibility index (Phi) is 5.66. The fourth-order valence-electron chi connectivity index (χ4n) is 2.64. The Labute approximate surface area is 156 Å². The van der Waals surface area contributed by atoms with Crippen molar-refractivity contribution in [1.82, 2.24) is 4.57 Å². The normalized spacial score (nSPS) is 10.4. The molecule has 0 bridgehead atoms. The van der Waals surface area contributed by atoms with E-state index in [4.69, 9.17) is 4.74 Å². The van der Waals surface area contributed by atoms with Gasteiger partial charge < -0.3 is 14.6 Å². The zero-order valence-electron chi connectivity index (χ0n) is 14.8. The van der Waals surface area contributed by atoms with Crippen molar-refractivity contribution >= 4 is 11.6 Å². The minimum atomic E-state index is -0.521. The predicted octanol–water partition coefficient (Wildman–Crippen LogP) is 3.69. The Morgan fingerprint density at radius 1 is 1.07 bits per heavy atom. The van der Waals surface area contributed by atoms with Crippen molar-refractivity contribution in [3.63, 3.8) is 0 Å². The minimum Gasteiger partial charge on any atom is -0.494 e. The summed E-state index contributed by atoms with van der Waals surface area (Å²) in [6.45, 7) is 2.49. The van der Waals surface area contributed by atoms with E-state index in [0.29, 0.717) is 23.6 Å². The molecule has 2 aromatic carbocycles. The summed E-state index contributed by atoms with van der Waals surface area (Å²) in [6, 6.07) is 16.1. The lowest BCUT2D eigenvalue weighted by molar-refractivity contribution is 0.102. The maximum Gasteiger partial charge on any atom is 0.263 e. The number of halogens is 1. The van der Waals surface area contributed by atoms with Gasteiger partial charge in [0.2, 0.25) is 0 Å². The zero-order valence-corrected chi connectivity index (χ0v) is 14.8. The Morgan fingerprint density at radius 2 is 1.81 bits per heavy atom. The van der Waals surface area contributed by atoms with Crippen molar-refractivity contribution in [3.8, 4) is 5.75 Å². The van der Waals surface area contributed by atoms with E-state index in [9.17, 15) is 14.0 Å². The molecule has 0 aliphatic rings. The number of pyridine rings is 1. The van der Waals surface area contributed by atoms with Crippen LogP contribution in [0.15, 0.2) is 71.7 Å². The first-order chi connectivity index (χ1) is 13.1. The van der Waals surface area contributed by atoms with Crippen molar-refractivity contribution in [3.05, 3.63) is 94.2 Å². The molecule has 3 aromatic rings. The molecule has 0 atom stereocenters. The molecule has 1 heterocycles. The fourth-order valence-corrected chi connectivity index (χ4v) is 2.64. The number of nitrogens with zero attached hydrogens (tertiary/aromatic N) is 1. The van der Waals surface area contributed by atoms with Crippen LogP contribution in [0.5, 0.6) is 5.75 Å². The van der Waals surface area contributed by atoms with Crippen LogP contribution in [0, 0.1) is 5.82 Å². The van der Waals surface area contributed by atoms with E-state index in [1.165, 1.54) is 22.9 Å². The summed E-state index contributed by atoms with van der Waals surface area (Å²) < 4.78 is 20.5. The predicted molar refractivity (Wildman–Crippen MR) is 102 cm³/mol. The summed E-state index contributed by atoms with van der Waals surface area (Å²) in [4.78, 5) is 25.1. The molecule has 138 valence electrons. The van der Waals surface area contributed by atoms with E-state index in [2.05, 4.69) is 5.32 Å². The molecule has 0 unspecified atom stereocenters. The van der Waals surface area contributed by atoms with E-state index in [1.807, 2.05) is 6.92 Å². The fraction of sp³-hybridized carbons (Fsp3) is 0.143. The number of carbonyl (C=O) groups excluding carboxylic acids is 1. The highest BCUT2D eigenvalue weighted by atomic mass is 19.1. The van der Waals surface area contributed by atoms with Crippen LogP contribution in [0.4, 0.5) is 10.1 Å². The number of rotatable bonds is 6. The van der Waals surface area contributed by atoms with Crippen molar-refractivity contribution in [2.45, 2.75) is 13.5 Å².